The molecule has 0 saturated carbocycles. The highest BCUT2D eigenvalue weighted by Gasteiger charge is 2.24. The zero-order valence-electron chi connectivity index (χ0n) is 22.3. The van der Waals surface area contributed by atoms with E-state index in [1.807, 2.05) is 39.0 Å². The first-order valence-corrected chi connectivity index (χ1v) is 13.7. The molecule has 0 amide bonds. The summed E-state index contributed by atoms with van der Waals surface area (Å²) < 4.78 is 10.4. The van der Waals surface area contributed by atoms with E-state index in [0.29, 0.717) is 34.9 Å². The second kappa shape index (κ2) is 20.4. The van der Waals surface area contributed by atoms with E-state index in [1.165, 1.54) is 16.7 Å². The number of ether oxygens (including phenoxy) is 1. The van der Waals surface area contributed by atoms with E-state index in [2.05, 4.69) is 43.3 Å². The van der Waals surface area contributed by atoms with Gasteiger partial charge in [0.15, 0.2) is 0 Å². The van der Waals surface area contributed by atoms with Crippen molar-refractivity contribution in [2.75, 3.05) is 19.8 Å². The highest BCUT2D eigenvalue weighted by atomic mass is 31.1. The van der Waals surface area contributed by atoms with Gasteiger partial charge in [0.05, 0.1) is 25.4 Å². The van der Waals surface area contributed by atoms with Crippen LogP contribution in [-0.2, 0) is 26.6 Å². The molecule has 2 aromatic rings. The van der Waals surface area contributed by atoms with Crippen LogP contribution in [0.15, 0.2) is 54.6 Å². The second-order valence-electron chi connectivity index (χ2n) is 8.25. The number of rotatable bonds is 13. The average molecular weight is 507 g/mol. The van der Waals surface area contributed by atoms with Crippen LogP contribution in [0.25, 0.3) is 0 Å². The van der Waals surface area contributed by atoms with Crippen LogP contribution in [0, 0.1) is 6.92 Å². The molecule has 3 unspecified atom stereocenters. The first kappa shape index (κ1) is 33.2. The smallest absolute Gasteiger partial charge is 0.322 e. The van der Waals surface area contributed by atoms with Gasteiger partial charge in [-0.1, -0.05) is 87.4 Å². The lowest BCUT2D eigenvalue weighted by Crippen LogP contribution is -2.48. The molecule has 0 radical (unpaired) electrons. The Balaban J connectivity index is 0.000000813. The van der Waals surface area contributed by atoms with E-state index in [0.717, 1.165) is 19.0 Å². The predicted molar refractivity (Wildman–Crippen MR) is 149 cm³/mol. The molecule has 6 nitrogen and oxygen atoms in total. The fraction of sp³-hybridized carbons (Fsp3) is 0.536. The topological polar surface area (TPSA) is 108 Å². The Bertz CT molecular complexity index is 774. The van der Waals surface area contributed by atoms with Crippen LogP contribution in [0.1, 0.15) is 63.6 Å². The van der Waals surface area contributed by atoms with E-state index in [9.17, 15) is 9.90 Å². The number of hydrogen-bond acceptors (Lipinski definition) is 6. The molecule has 5 N–H and O–H groups in total. The molecule has 7 heteroatoms. The van der Waals surface area contributed by atoms with Gasteiger partial charge in [-0.3, -0.25) is 4.79 Å². The van der Waals surface area contributed by atoms with Crippen molar-refractivity contribution in [3.05, 3.63) is 71.3 Å². The molecule has 2 rings (SSSR count). The van der Waals surface area contributed by atoms with Gasteiger partial charge in [0.2, 0.25) is 0 Å². The van der Waals surface area contributed by atoms with Crippen molar-refractivity contribution in [2.45, 2.75) is 78.0 Å². The molecule has 0 aliphatic rings. The van der Waals surface area contributed by atoms with E-state index in [4.69, 9.17) is 20.7 Å². The van der Waals surface area contributed by atoms with E-state index < -0.39 is 11.6 Å². The normalized spacial score (nSPS) is 13.1. The molecule has 0 heterocycles. The fourth-order valence-corrected chi connectivity index (χ4v) is 3.84. The van der Waals surface area contributed by atoms with E-state index >= 15 is 0 Å². The predicted octanol–water partition coefficient (Wildman–Crippen LogP) is 5.13. The summed E-state index contributed by atoms with van der Waals surface area (Å²) in [6, 6.07) is 18.3. The number of benzene rings is 2. The van der Waals surface area contributed by atoms with Crippen molar-refractivity contribution in [2.24, 2.45) is 11.5 Å². The van der Waals surface area contributed by atoms with Crippen molar-refractivity contribution in [3.8, 4) is 0 Å². The van der Waals surface area contributed by atoms with Gasteiger partial charge in [-0.2, -0.15) is 0 Å². The zero-order valence-corrected chi connectivity index (χ0v) is 23.3. The molecular formula is C28H47N2O4P. The lowest BCUT2D eigenvalue weighted by molar-refractivity contribution is -0.144. The van der Waals surface area contributed by atoms with Crippen LogP contribution in [0.4, 0.5) is 0 Å². The van der Waals surface area contributed by atoms with Gasteiger partial charge in [0.1, 0.15) is 6.04 Å². The SMILES string of the molecule is CC.CCCC(N)C(=O)OCC.Cc1ccc(CCC(N)(CO)COPCc2ccccc2)cc1. The largest absolute Gasteiger partial charge is 0.465 e. The Labute approximate surface area is 214 Å². The Kier molecular flexibility index (Phi) is 19.3. The number of carbonyl (C=O) groups excluding carboxylic acids is 1. The highest BCUT2D eigenvalue weighted by Crippen LogP contribution is 2.23. The molecule has 198 valence electrons. The van der Waals surface area contributed by atoms with Gasteiger partial charge >= 0.3 is 5.97 Å². The zero-order chi connectivity index (χ0) is 26.5. The van der Waals surface area contributed by atoms with Crippen LogP contribution < -0.4 is 11.5 Å². The first-order chi connectivity index (χ1) is 16.8. The Morgan fingerprint density at radius 3 is 2.23 bits per heavy atom. The number of nitrogens with two attached hydrogens (primary N) is 2. The van der Waals surface area contributed by atoms with Gasteiger partial charge in [-0.05, 0) is 44.2 Å². The summed E-state index contributed by atoms with van der Waals surface area (Å²) in [7, 11) is 0.364. The maximum atomic E-state index is 10.8. The summed E-state index contributed by atoms with van der Waals surface area (Å²) in [5, 5.41) is 9.62. The van der Waals surface area contributed by atoms with Gasteiger partial charge in [-0.25, -0.2) is 0 Å². The molecule has 0 bridgehead atoms. The molecule has 2 aromatic carbocycles. The highest BCUT2D eigenvalue weighted by molar-refractivity contribution is 7.31. The molecular weight excluding hydrogens is 459 g/mol. The Hall–Kier alpha value is -1.82. The molecule has 0 aliphatic carbocycles. The molecule has 0 saturated heterocycles. The van der Waals surface area contributed by atoms with Gasteiger partial charge in [0, 0.05) is 15.0 Å². The van der Waals surface area contributed by atoms with Crippen molar-refractivity contribution in [1.29, 1.82) is 0 Å². The summed E-state index contributed by atoms with van der Waals surface area (Å²) >= 11 is 0. The van der Waals surface area contributed by atoms with Crippen LogP contribution in [0.5, 0.6) is 0 Å². The fourth-order valence-electron chi connectivity index (χ4n) is 2.95. The van der Waals surface area contributed by atoms with Crippen molar-refractivity contribution in [1.82, 2.24) is 0 Å². The van der Waals surface area contributed by atoms with Crippen molar-refractivity contribution >= 4 is 14.8 Å². The number of aryl methyl sites for hydroxylation is 2. The Morgan fingerprint density at radius 1 is 1.06 bits per heavy atom. The average Bonchev–Trinajstić information content (AvgIpc) is 2.89. The number of aliphatic hydroxyl groups is 1. The minimum Gasteiger partial charge on any atom is -0.465 e. The summed E-state index contributed by atoms with van der Waals surface area (Å²) in [6.45, 7) is 10.6. The third-order valence-corrected chi connectivity index (χ3v) is 6.02. The van der Waals surface area contributed by atoms with Gasteiger partial charge < -0.3 is 25.8 Å². The molecule has 0 aliphatic heterocycles. The van der Waals surface area contributed by atoms with Crippen LogP contribution >= 0.6 is 8.81 Å². The van der Waals surface area contributed by atoms with Crippen LogP contribution in [0.2, 0.25) is 0 Å². The number of hydrogen-bond donors (Lipinski definition) is 3. The van der Waals surface area contributed by atoms with Gasteiger partial charge in [0.25, 0.3) is 0 Å². The molecule has 0 spiro atoms. The van der Waals surface area contributed by atoms with E-state index in [-0.39, 0.29) is 12.6 Å². The lowest BCUT2D eigenvalue weighted by atomic mass is 9.94. The maximum Gasteiger partial charge on any atom is 0.322 e. The third-order valence-electron chi connectivity index (χ3n) is 5.12. The maximum absolute atomic E-state index is 10.8. The molecule has 3 atom stereocenters. The Morgan fingerprint density at radius 2 is 1.69 bits per heavy atom. The molecule has 0 fully saturated rings. The van der Waals surface area contributed by atoms with Crippen LogP contribution in [0.3, 0.4) is 0 Å². The summed E-state index contributed by atoms with van der Waals surface area (Å²) in [5.74, 6) is -0.288. The summed E-state index contributed by atoms with van der Waals surface area (Å²) in [4.78, 5) is 10.8. The minimum atomic E-state index is -0.672. The molecule has 0 aromatic heterocycles. The molecule has 35 heavy (non-hydrogen) atoms. The minimum absolute atomic E-state index is 0.0608. The van der Waals surface area contributed by atoms with Crippen molar-refractivity contribution in [3.63, 3.8) is 0 Å². The first-order valence-electron chi connectivity index (χ1n) is 12.6. The second-order valence-corrected chi connectivity index (χ2v) is 9.18. The number of aliphatic hydroxyl groups excluding tert-OH is 1. The monoisotopic (exact) mass is 506 g/mol. The summed E-state index contributed by atoms with van der Waals surface area (Å²) in [6.07, 6.45) is 4.07. The number of carbonyl (C=O) groups is 1. The lowest BCUT2D eigenvalue weighted by Gasteiger charge is -2.27. The van der Waals surface area contributed by atoms with Crippen LogP contribution in [-0.4, -0.2) is 42.5 Å². The van der Waals surface area contributed by atoms with Gasteiger partial charge in [-0.15, -0.1) is 0 Å². The standard InChI is InChI=1S/C19H26NO2P.C7H15NO2.C2H6/c1-16-7-9-17(10-8-16)11-12-19(20,14-21)15-22-23-13-18-5-3-2-4-6-18;1-3-5-6(8)7(9)10-4-2;1-2/h2-10,21,23H,11-15,20H2,1H3;6H,3-5,8H2,1-2H3;1-2H3. The third kappa shape index (κ3) is 15.7. The van der Waals surface area contributed by atoms with Crippen molar-refractivity contribution < 1.29 is 19.2 Å². The number of esters is 1. The summed E-state index contributed by atoms with van der Waals surface area (Å²) in [5.41, 5.74) is 14.8. The quantitative estimate of drug-likeness (QED) is 0.197. The van der Waals surface area contributed by atoms with E-state index in [1.54, 1.807) is 6.92 Å².